The van der Waals surface area contributed by atoms with E-state index >= 15 is 0 Å². The Bertz CT molecular complexity index is 1060. The average Bonchev–Trinajstić information content (AvgIpc) is 3.23. The van der Waals surface area contributed by atoms with Crippen molar-refractivity contribution in [1.82, 2.24) is 14.8 Å². The van der Waals surface area contributed by atoms with E-state index in [0.717, 1.165) is 42.4 Å². The van der Waals surface area contributed by atoms with Crippen LogP contribution in [0.3, 0.4) is 0 Å². The van der Waals surface area contributed by atoms with Gasteiger partial charge >= 0.3 is 0 Å². The SMILES string of the molecule is CCc1ccc(NC(=O)C(C)Sc2nnc(N3CCOCC3)n2-c2cccc(C)c2)cc1. The molecule has 168 valence electrons. The second kappa shape index (κ2) is 10.2. The molecule has 1 N–H and O–H groups in total. The molecule has 1 aliphatic heterocycles. The minimum Gasteiger partial charge on any atom is -0.378 e. The molecule has 1 unspecified atom stereocenters. The van der Waals surface area contributed by atoms with Gasteiger partial charge in [0.15, 0.2) is 5.16 Å². The summed E-state index contributed by atoms with van der Waals surface area (Å²) in [4.78, 5) is 15.0. The van der Waals surface area contributed by atoms with Crippen molar-refractivity contribution in [3.63, 3.8) is 0 Å². The molecule has 1 saturated heterocycles. The van der Waals surface area contributed by atoms with Crippen LogP contribution in [-0.2, 0) is 16.0 Å². The van der Waals surface area contributed by atoms with Crippen LogP contribution in [-0.4, -0.2) is 52.2 Å². The minimum absolute atomic E-state index is 0.0639. The van der Waals surface area contributed by atoms with E-state index in [1.54, 1.807) is 0 Å². The van der Waals surface area contributed by atoms with Crippen LogP contribution in [0.2, 0.25) is 0 Å². The molecule has 0 saturated carbocycles. The van der Waals surface area contributed by atoms with Crippen LogP contribution >= 0.6 is 11.8 Å². The van der Waals surface area contributed by atoms with Crippen molar-refractivity contribution in [2.75, 3.05) is 36.5 Å². The van der Waals surface area contributed by atoms with Crippen molar-refractivity contribution >= 4 is 29.3 Å². The van der Waals surface area contributed by atoms with Gasteiger partial charge in [-0.05, 0) is 55.7 Å². The van der Waals surface area contributed by atoms with Gasteiger partial charge in [0.2, 0.25) is 11.9 Å². The van der Waals surface area contributed by atoms with Gasteiger partial charge in [-0.1, -0.05) is 43.0 Å². The summed E-state index contributed by atoms with van der Waals surface area (Å²) in [6.07, 6.45) is 0.973. The van der Waals surface area contributed by atoms with Gasteiger partial charge in [-0.2, -0.15) is 0 Å². The molecule has 1 fully saturated rings. The summed E-state index contributed by atoms with van der Waals surface area (Å²) in [5.41, 5.74) is 4.18. The predicted octanol–water partition coefficient (Wildman–Crippen LogP) is 4.09. The number of carbonyl (C=O) groups is 1. The number of aryl methyl sites for hydroxylation is 2. The summed E-state index contributed by atoms with van der Waals surface area (Å²) in [5, 5.41) is 12.3. The Balaban J connectivity index is 1.56. The summed E-state index contributed by atoms with van der Waals surface area (Å²) in [7, 11) is 0. The van der Waals surface area contributed by atoms with Crippen molar-refractivity contribution in [2.45, 2.75) is 37.6 Å². The zero-order valence-corrected chi connectivity index (χ0v) is 19.6. The molecule has 1 amide bonds. The van der Waals surface area contributed by atoms with Gasteiger partial charge in [-0.3, -0.25) is 9.36 Å². The largest absolute Gasteiger partial charge is 0.378 e. The van der Waals surface area contributed by atoms with E-state index in [2.05, 4.69) is 46.4 Å². The second-order valence-corrected chi connectivity index (χ2v) is 9.16. The highest BCUT2D eigenvalue weighted by molar-refractivity contribution is 8.00. The molecule has 2 heterocycles. The molecular weight excluding hydrogens is 422 g/mol. The first-order valence-electron chi connectivity index (χ1n) is 11.0. The van der Waals surface area contributed by atoms with Crippen LogP contribution in [0.1, 0.15) is 25.0 Å². The molecule has 1 aromatic heterocycles. The number of rotatable bonds is 7. The maximum atomic E-state index is 12.9. The van der Waals surface area contributed by atoms with Gasteiger partial charge < -0.3 is 15.0 Å². The number of aromatic nitrogens is 3. The Morgan fingerprint density at radius 3 is 2.59 bits per heavy atom. The molecule has 0 bridgehead atoms. The van der Waals surface area contributed by atoms with Crippen LogP contribution in [0.5, 0.6) is 0 Å². The van der Waals surface area contributed by atoms with E-state index in [0.29, 0.717) is 18.4 Å². The highest BCUT2D eigenvalue weighted by atomic mass is 32.2. The van der Waals surface area contributed by atoms with Gasteiger partial charge in [0, 0.05) is 18.8 Å². The first-order valence-corrected chi connectivity index (χ1v) is 11.8. The zero-order valence-electron chi connectivity index (χ0n) is 18.7. The molecule has 7 nitrogen and oxygen atoms in total. The van der Waals surface area contributed by atoms with Gasteiger partial charge in [0.05, 0.1) is 24.2 Å². The summed E-state index contributed by atoms with van der Waals surface area (Å²) < 4.78 is 7.55. The van der Waals surface area contributed by atoms with Crippen LogP contribution in [0.4, 0.5) is 11.6 Å². The summed E-state index contributed by atoms with van der Waals surface area (Å²) in [6.45, 7) is 8.93. The van der Waals surface area contributed by atoms with Gasteiger partial charge in [-0.15, -0.1) is 10.2 Å². The summed E-state index contributed by atoms with van der Waals surface area (Å²) >= 11 is 1.41. The Morgan fingerprint density at radius 2 is 1.91 bits per heavy atom. The Labute approximate surface area is 193 Å². The quantitative estimate of drug-likeness (QED) is 0.546. The van der Waals surface area contributed by atoms with E-state index in [4.69, 9.17) is 4.74 Å². The summed E-state index contributed by atoms with van der Waals surface area (Å²) in [6, 6.07) is 16.2. The highest BCUT2D eigenvalue weighted by Crippen LogP contribution is 2.30. The van der Waals surface area contributed by atoms with E-state index in [9.17, 15) is 4.79 Å². The van der Waals surface area contributed by atoms with Crippen LogP contribution < -0.4 is 10.2 Å². The normalized spacial score (nSPS) is 14.9. The zero-order chi connectivity index (χ0) is 22.5. The van der Waals surface area contributed by atoms with E-state index in [1.807, 2.05) is 47.9 Å². The molecule has 4 rings (SSSR count). The van der Waals surface area contributed by atoms with Gasteiger partial charge in [0.1, 0.15) is 0 Å². The lowest BCUT2D eigenvalue weighted by molar-refractivity contribution is -0.115. The molecule has 0 radical (unpaired) electrons. The Kier molecular flexibility index (Phi) is 7.12. The monoisotopic (exact) mass is 451 g/mol. The highest BCUT2D eigenvalue weighted by Gasteiger charge is 2.25. The number of amides is 1. The molecule has 1 aliphatic rings. The number of benzene rings is 2. The van der Waals surface area contributed by atoms with E-state index in [1.165, 1.54) is 17.3 Å². The first-order chi connectivity index (χ1) is 15.5. The lowest BCUT2D eigenvalue weighted by atomic mass is 10.1. The number of ether oxygens (including phenoxy) is 1. The van der Waals surface area contributed by atoms with Crippen molar-refractivity contribution in [3.8, 4) is 5.69 Å². The minimum atomic E-state index is -0.342. The summed E-state index contributed by atoms with van der Waals surface area (Å²) in [5.74, 6) is 0.718. The number of hydrogen-bond acceptors (Lipinski definition) is 6. The molecular formula is C24H29N5O2S. The smallest absolute Gasteiger partial charge is 0.237 e. The average molecular weight is 452 g/mol. The molecule has 2 aromatic carbocycles. The van der Waals surface area contributed by atoms with Crippen LogP contribution in [0, 0.1) is 6.92 Å². The third-order valence-corrected chi connectivity index (χ3v) is 6.49. The van der Waals surface area contributed by atoms with Crippen molar-refractivity contribution < 1.29 is 9.53 Å². The van der Waals surface area contributed by atoms with E-state index < -0.39 is 0 Å². The third-order valence-electron chi connectivity index (χ3n) is 5.45. The molecule has 0 aliphatic carbocycles. The Hall–Kier alpha value is -2.84. The maximum absolute atomic E-state index is 12.9. The Morgan fingerprint density at radius 1 is 1.16 bits per heavy atom. The van der Waals surface area contributed by atoms with Crippen molar-refractivity contribution in [2.24, 2.45) is 0 Å². The molecule has 3 aromatic rings. The standard InChI is InChI=1S/C24H29N5O2S/c1-4-19-8-10-20(11-9-19)25-22(30)18(3)32-24-27-26-23(28-12-14-31-15-13-28)29(24)21-7-5-6-17(2)16-21/h5-11,16,18H,4,12-15H2,1-3H3,(H,25,30). The molecule has 32 heavy (non-hydrogen) atoms. The molecule has 0 spiro atoms. The predicted molar refractivity (Wildman–Crippen MR) is 129 cm³/mol. The fourth-order valence-electron chi connectivity index (χ4n) is 3.58. The van der Waals surface area contributed by atoms with Crippen molar-refractivity contribution in [1.29, 1.82) is 0 Å². The third kappa shape index (κ3) is 5.14. The molecule has 1 atom stereocenters. The lowest BCUT2D eigenvalue weighted by Gasteiger charge is -2.28. The number of anilines is 2. The van der Waals surface area contributed by atoms with E-state index in [-0.39, 0.29) is 11.2 Å². The number of nitrogens with one attached hydrogen (secondary N) is 1. The number of thioether (sulfide) groups is 1. The number of carbonyl (C=O) groups excluding carboxylic acids is 1. The fourth-order valence-corrected chi connectivity index (χ4v) is 4.44. The van der Waals surface area contributed by atoms with Gasteiger partial charge in [0.25, 0.3) is 0 Å². The number of hydrogen-bond donors (Lipinski definition) is 1. The molecule has 8 heteroatoms. The van der Waals surface area contributed by atoms with Crippen LogP contribution in [0.15, 0.2) is 53.7 Å². The second-order valence-electron chi connectivity index (χ2n) is 7.86. The lowest BCUT2D eigenvalue weighted by Crippen LogP contribution is -2.38. The number of morpholine rings is 1. The topological polar surface area (TPSA) is 72.3 Å². The maximum Gasteiger partial charge on any atom is 0.237 e. The van der Waals surface area contributed by atoms with Crippen LogP contribution in [0.25, 0.3) is 5.69 Å². The fraction of sp³-hybridized carbons (Fsp3) is 0.375. The van der Waals surface area contributed by atoms with Gasteiger partial charge in [-0.25, -0.2) is 0 Å². The van der Waals surface area contributed by atoms with Crippen molar-refractivity contribution in [3.05, 3.63) is 59.7 Å². The first kappa shape index (κ1) is 22.4. The number of nitrogens with zero attached hydrogens (tertiary/aromatic N) is 4.